The second-order valence-electron chi connectivity index (χ2n) is 4.80. The van der Waals surface area contributed by atoms with Gasteiger partial charge in [-0.3, -0.25) is 9.59 Å². The summed E-state index contributed by atoms with van der Waals surface area (Å²) in [4.78, 5) is 22.8. The number of rotatable bonds is 6. The maximum atomic E-state index is 12.1. The molecule has 19 heavy (non-hydrogen) atoms. The Morgan fingerprint density at radius 3 is 2.32 bits per heavy atom. The maximum absolute atomic E-state index is 12.1. The molecule has 1 heterocycles. The lowest BCUT2D eigenvalue weighted by Gasteiger charge is -2.13. The van der Waals surface area contributed by atoms with Gasteiger partial charge in [-0.15, -0.1) is 0 Å². The van der Waals surface area contributed by atoms with Crippen LogP contribution in [-0.2, 0) is 4.79 Å². The molecule has 0 aliphatic heterocycles. The van der Waals surface area contributed by atoms with Crippen LogP contribution in [0.1, 0.15) is 47.2 Å². The van der Waals surface area contributed by atoms with Gasteiger partial charge >= 0.3 is 5.97 Å². The van der Waals surface area contributed by atoms with E-state index in [2.05, 4.69) is 5.32 Å². The fraction of sp³-hybridized carbons (Fsp3) is 0.571. The van der Waals surface area contributed by atoms with Crippen molar-refractivity contribution in [3.63, 3.8) is 0 Å². The first-order valence-electron chi connectivity index (χ1n) is 6.43. The summed E-state index contributed by atoms with van der Waals surface area (Å²) < 4.78 is 5.41. The van der Waals surface area contributed by atoms with E-state index in [1.165, 1.54) is 0 Å². The third-order valence-corrected chi connectivity index (χ3v) is 3.38. The SMILES string of the molecule is CCC(CNC(=O)c1c(C)oc(C)c1C)CC(=O)O. The topological polar surface area (TPSA) is 79.5 Å². The van der Waals surface area contributed by atoms with Crippen molar-refractivity contribution < 1.29 is 19.1 Å². The molecule has 1 atom stereocenters. The molecule has 0 saturated heterocycles. The molecule has 0 radical (unpaired) electrons. The highest BCUT2D eigenvalue weighted by Gasteiger charge is 2.19. The number of carboxylic acids is 1. The molecule has 1 rings (SSSR count). The number of amides is 1. The number of hydrogen-bond acceptors (Lipinski definition) is 3. The van der Waals surface area contributed by atoms with Crippen LogP contribution in [0.25, 0.3) is 0 Å². The van der Waals surface area contributed by atoms with Crippen molar-refractivity contribution in [3.8, 4) is 0 Å². The van der Waals surface area contributed by atoms with Crippen molar-refractivity contribution in [2.24, 2.45) is 5.92 Å². The Hall–Kier alpha value is -1.78. The third-order valence-electron chi connectivity index (χ3n) is 3.38. The molecule has 0 fully saturated rings. The van der Waals surface area contributed by atoms with Gasteiger partial charge in [0.25, 0.3) is 5.91 Å². The molecule has 5 heteroatoms. The van der Waals surface area contributed by atoms with E-state index < -0.39 is 5.97 Å². The van der Waals surface area contributed by atoms with Crippen LogP contribution in [0.15, 0.2) is 4.42 Å². The molecule has 0 spiro atoms. The number of nitrogens with one attached hydrogen (secondary N) is 1. The molecule has 0 saturated carbocycles. The molecule has 2 N–H and O–H groups in total. The average Bonchev–Trinajstić information content (AvgIpc) is 2.58. The lowest BCUT2D eigenvalue weighted by Crippen LogP contribution is -2.30. The first kappa shape index (κ1) is 15.3. The van der Waals surface area contributed by atoms with Crippen molar-refractivity contribution in [1.82, 2.24) is 5.32 Å². The Morgan fingerprint density at radius 2 is 1.89 bits per heavy atom. The third kappa shape index (κ3) is 3.84. The zero-order chi connectivity index (χ0) is 14.6. The van der Waals surface area contributed by atoms with E-state index in [0.717, 1.165) is 17.7 Å². The highest BCUT2D eigenvalue weighted by Crippen LogP contribution is 2.20. The molecule has 0 aliphatic rings. The second-order valence-corrected chi connectivity index (χ2v) is 4.80. The molecule has 1 aromatic rings. The molecule has 1 aromatic heterocycles. The highest BCUT2D eigenvalue weighted by atomic mass is 16.4. The van der Waals surface area contributed by atoms with Gasteiger partial charge < -0.3 is 14.8 Å². The monoisotopic (exact) mass is 267 g/mol. The van der Waals surface area contributed by atoms with Gasteiger partial charge in [-0.1, -0.05) is 13.3 Å². The van der Waals surface area contributed by atoms with Crippen LogP contribution in [0.4, 0.5) is 0 Å². The van der Waals surface area contributed by atoms with Gasteiger partial charge in [0, 0.05) is 18.5 Å². The lowest BCUT2D eigenvalue weighted by atomic mass is 10.0. The van der Waals surface area contributed by atoms with Crippen molar-refractivity contribution in [3.05, 3.63) is 22.6 Å². The van der Waals surface area contributed by atoms with E-state index >= 15 is 0 Å². The Bertz CT molecular complexity index is 476. The Labute approximate surface area is 113 Å². The molecule has 1 amide bonds. The number of hydrogen-bond donors (Lipinski definition) is 2. The summed E-state index contributed by atoms with van der Waals surface area (Å²) >= 11 is 0. The Balaban J connectivity index is 2.67. The fourth-order valence-electron chi connectivity index (χ4n) is 2.06. The van der Waals surface area contributed by atoms with Crippen LogP contribution >= 0.6 is 0 Å². The van der Waals surface area contributed by atoms with Crippen molar-refractivity contribution in [2.45, 2.75) is 40.5 Å². The van der Waals surface area contributed by atoms with Crippen LogP contribution in [0, 0.1) is 26.7 Å². The summed E-state index contributed by atoms with van der Waals surface area (Å²) in [6.45, 7) is 7.69. The number of carbonyl (C=O) groups excluding carboxylic acids is 1. The standard InChI is InChI=1S/C14H21NO4/c1-5-11(6-12(16)17)7-15-14(18)13-8(2)9(3)19-10(13)4/h11H,5-7H2,1-4H3,(H,15,18)(H,16,17). The van der Waals surface area contributed by atoms with Crippen LogP contribution < -0.4 is 5.32 Å². The predicted molar refractivity (Wildman–Crippen MR) is 71.3 cm³/mol. The average molecular weight is 267 g/mol. The Morgan fingerprint density at radius 1 is 1.26 bits per heavy atom. The molecular weight excluding hydrogens is 246 g/mol. The van der Waals surface area contributed by atoms with Gasteiger partial charge in [0.15, 0.2) is 0 Å². The van der Waals surface area contributed by atoms with E-state index in [9.17, 15) is 9.59 Å². The quantitative estimate of drug-likeness (QED) is 0.829. The minimum atomic E-state index is -0.840. The molecule has 0 aromatic carbocycles. The van der Waals surface area contributed by atoms with Crippen LogP contribution in [0.5, 0.6) is 0 Å². The van der Waals surface area contributed by atoms with E-state index in [1.54, 1.807) is 6.92 Å². The second kappa shape index (κ2) is 6.41. The summed E-state index contributed by atoms with van der Waals surface area (Å²) in [7, 11) is 0. The predicted octanol–water partition coefficient (Wildman–Crippen LogP) is 2.44. The number of carboxylic acid groups (broad SMARTS) is 1. The summed E-state index contributed by atoms with van der Waals surface area (Å²) in [5.41, 5.74) is 1.39. The van der Waals surface area contributed by atoms with Gasteiger partial charge in [-0.25, -0.2) is 0 Å². The first-order chi connectivity index (χ1) is 8.86. The summed E-state index contributed by atoms with van der Waals surface area (Å²) in [6.07, 6.45) is 0.786. The van der Waals surface area contributed by atoms with Crippen molar-refractivity contribution in [1.29, 1.82) is 0 Å². The van der Waals surface area contributed by atoms with E-state index in [4.69, 9.17) is 9.52 Å². The van der Waals surface area contributed by atoms with Gasteiger partial charge in [0.2, 0.25) is 0 Å². The molecule has 0 aliphatic carbocycles. The fourth-order valence-corrected chi connectivity index (χ4v) is 2.06. The molecule has 106 valence electrons. The smallest absolute Gasteiger partial charge is 0.303 e. The Kier molecular flexibility index (Phi) is 5.15. The molecule has 1 unspecified atom stereocenters. The first-order valence-corrected chi connectivity index (χ1v) is 6.43. The van der Waals surface area contributed by atoms with Crippen LogP contribution in [0.3, 0.4) is 0 Å². The number of aryl methyl sites for hydroxylation is 2. The van der Waals surface area contributed by atoms with Gasteiger partial charge in [-0.2, -0.15) is 0 Å². The van der Waals surface area contributed by atoms with E-state index in [-0.39, 0.29) is 18.2 Å². The van der Waals surface area contributed by atoms with E-state index in [1.807, 2.05) is 20.8 Å². The summed E-state index contributed by atoms with van der Waals surface area (Å²) in [6, 6.07) is 0. The zero-order valence-electron chi connectivity index (χ0n) is 11.9. The maximum Gasteiger partial charge on any atom is 0.303 e. The van der Waals surface area contributed by atoms with Gasteiger partial charge in [0.05, 0.1) is 5.56 Å². The lowest BCUT2D eigenvalue weighted by molar-refractivity contribution is -0.138. The summed E-state index contributed by atoms with van der Waals surface area (Å²) in [5.74, 6) is 0.248. The van der Waals surface area contributed by atoms with Gasteiger partial charge in [0.1, 0.15) is 11.5 Å². The van der Waals surface area contributed by atoms with E-state index in [0.29, 0.717) is 17.9 Å². The number of aliphatic carboxylic acids is 1. The highest BCUT2D eigenvalue weighted by molar-refractivity contribution is 5.96. The number of furan rings is 1. The van der Waals surface area contributed by atoms with Crippen molar-refractivity contribution >= 4 is 11.9 Å². The van der Waals surface area contributed by atoms with Crippen LogP contribution in [0.2, 0.25) is 0 Å². The molecule has 0 bridgehead atoms. The van der Waals surface area contributed by atoms with Gasteiger partial charge in [-0.05, 0) is 26.7 Å². The largest absolute Gasteiger partial charge is 0.481 e. The summed E-state index contributed by atoms with van der Waals surface area (Å²) in [5, 5.41) is 11.5. The molecular formula is C14H21NO4. The minimum absolute atomic E-state index is 0.0462. The molecule has 5 nitrogen and oxygen atoms in total. The zero-order valence-corrected chi connectivity index (χ0v) is 11.9. The number of carbonyl (C=O) groups is 2. The minimum Gasteiger partial charge on any atom is -0.481 e. The van der Waals surface area contributed by atoms with Crippen LogP contribution in [-0.4, -0.2) is 23.5 Å². The normalized spacial score (nSPS) is 12.2. The van der Waals surface area contributed by atoms with Crippen molar-refractivity contribution in [2.75, 3.05) is 6.54 Å².